The van der Waals surface area contributed by atoms with Crippen molar-refractivity contribution in [3.63, 3.8) is 0 Å². The maximum Gasteiger partial charge on any atom is 0.418 e. The highest BCUT2D eigenvalue weighted by Crippen LogP contribution is 2.54. The first-order chi connectivity index (χ1) is 23.9. The van der Waals surface area contributed by atoms with Gasteiger partial charge in [-0.25, -0.2) is 9.69 Å². The number of carbonyl (C=O) groups is 4. The maximum atomic E-state index is 14.1. The lowest BCUT2D eigenvalue weighted by Crippen LogP contribution is -2.32. The lowest BCUT2D eigenvalue weighted by Gasteiger charge is -2.30. The third kappa shape index (κ3) is 6.72. The van der Waals surface area contributed by atoms with Crippen molar-refractivity contribution < 1.29 is 46.6 Å². The Bertz CT molecular complexity index is 2030. The minimum absolute atomic E-state index is 0.108. The summed E-state index contributed by atoms with van der Waals surface area (Å²) in [5.41, 5.74) is -0.367. The fourth-order valence-corrected chi connectivity index (χ4v) is 8.38. The summed E-state index contributed by atoms with van der Waals surface area (Å²) in [6, 6.07) is 15.2. The summed E-state index contributed by atoms with van der Waals surface area (Å²) >= 11 is 2.02. The molecule has 6 rings (SSSR count). The molecule has 4 aromatic rings. The summed E-state index contributed by atoms with van der Waals surface area (Å²) in [6.45, 7) is 3.11. The molecule has 50 heavy (non-hydrogen) atoms. The van der Waals surface area contributed by atoms with Gasteiger partial charge in [0, 0.05) is 10.8 Å². The number of hydrogen-bond acceptors (Lipinski definition) is 10. The Balaban J connectivity index is 1.28. The van der Waals surface area contributed by atoms with Crippen LogP contribution in [0.5, 0.6) is 11.5 Å². The number of hydrogen-bond donors (Lipinski definition) is 2. The second kappa shape index (κ2) is 14.0. The minimum Gasteiger partial charge on any atom is -0.490 e. The molecule has 0 unspecified atom stereocenters. The number of nitrogens with zero attached hydrogens (tertiary/aromatic N) is 1. The van der Waals surface area contributed by atoms with Gasteiger partial charge in [0.1, 0.15) is 5.25 Å². The van der Waals surface area contributed by atoms with Crippen molar-refractivity contribution in [3.05, 3.63) is 98.0 Å². The van der Waals surface area contributed by atoms with Gasteiger partial charge in [0.15, 0.2) is 18.1 Å². The molecule has 2 aliphatic rings. The van der Waals surface area contributed by atoms with Crippen LogP contribution in [0.2, 0.25) is 0 Å². The number of para-hydroxylation sites is 1. The smallest absolute Gasteiger partial charge is 0.418 e. The van der Waals surface area contributed by atoms with E-state index >= 15 is 0 Å². The molecule has 0 saturated carbocycles. The number of thiazole rings is 1. The second-order valence-corrected chi connectivity index (χ2v) is 13.2. The molecule has 0 radical (unpaired) electrons. The van der Waals surface area contributed by atoms with Crippen LogP contribution in [0.1, 0.15) is 46.1 Å². The number of thioether (sulfide) groups is 1. The van der Waals surface area contributed by atoms with Gasteiger partial charge in [-0.3, -0.25) is 19.2 Å². The SMILES string of the molecule is CCOC(=O)c1ccc(N2C(=O)[C@H]3[C@H](c4ccc(OCC(=O)Nc5ccccc5C(F)(F)F)c(OCC)c4)c4sc(=O)[nH]c4S[C@H]3C2=O)cc1. The van der Waals surface area contributed by atoms with Gasteiger partial charge in [-0.1, -0.05) is 41.3 Å². The standard InChI is InChI=1S/C34H28F3N3O8S2/c1-3-46-23-15-18(11-14-22(23)48-16-24(41)38-21-8-6-5-7-20(21)34(35,36)37)25-26-28(49-29-27(25)50-33(45)39-29)31(43)40(30(26)42)19-12-9-17(10-13-19)32(44)47-4-2/h5-15,25-26,28H,3-4,16H2,1-2H3,(H,38,41)(H,39,45)/t25-,26-,28+/m0/s1. The van der Waals surface area contributed by atoms with Crippen molar-refractivity contribution in [1.29, 1.82) is 0 Å². The molecule has 16 heteroatoms. The number of rotatable bonds is 10. The number of ether oxygens (including phenoxy) is 3. The lowest BCUT2D eigenvalue weighted by atomic mass is 9.83. The van der Waals surface area contributed by atoms with E-state index in [1.807, 2.05) is 0 Å². The Labute approximate surface area is 290 Å². The van der Waals surface area contributed by atoms with Crippen LogP contribution in [0, 0.1) is 5.92 Å². The highest BCUT2D eigenvalue weighted by molar-refractivity contribution is 8.00. The summed E-state index contributed by atoms with van der Waals surface area (Å²) in [5.74, 6) is -3.75. The second-order valence-electron chi connectivity index (χ2n) is 11.0. The van der Waals surface area contributed by atoms with Crippen LogP contribution in [0.25, 0.3) is 0 Å². The number of alkyl halides is 3. The number of amides is 3. The summed E-state index contributed by atoms with van der Waals surface area (Å²) in [7, 11) is 0. The number of anilines is 2. The molecule has 1 aromatic heterocycles. The van der Waals surface area contributed by atoms with Gasteiger partial charge in [0.2, 0.25) is 11.8 Å². The van der Waals surface area contributed by atoms with Gasteiger partial charge in [-0.2, -0.15) is 13.2 Å². The number of carbonyl (C=O) groups excluding carboxylic acids is 4. The molecule has 0 spiro atoms. The highest BCUT2D eigenvalue weighted by atomic mass is 32.2. The number of halogens is 3. The Kier molecular flexibility index (Phi) is 9.75. The van der Waals surface area contributed by atoms with Crippen LogP contribution < -0.4 is 24.6 Å². The Hall–Kier alpha value is -5.09. The Morgan fingerprint density at radius 3 is 2.36 bits per heavy atom. The molecular formula is C34H28F3N3O8S2. The number of H-pyrrole nitrogens is 1. The van der Waals surface area contributed by atoms with Gasteiger partial charge < -0.3 is 24.5 Å². The van der Waals surface area contributed by atoms with Gasteiger partial charge >= 0.3 is 17.0 Å². The normalized spacial score (nSPS) is 18.3. The van der Waals surface area contributed by atoms with Gasteiger partial charge in [0.05, 0.1) is 46.7 Å². The fraction of sp³-hybridized carbons (Fsp3) is 0.265. The van der Waals surface area contributed by atoms with Crippen LogP contribution in [-0.4, -0.2) is 53.7 Å². The zero-order chi connectivity index (χ0) is 35.7. The number of aromatic amines is 1. The van der Waals surface area contributed by atoms with Crippen molar-refractivity contribution in [1.82, 2.24) is 4.98 Å². The number of fused-ring (bicyclic) bond motifs is 2. The lowest BCUT2D eigenvalue weighted by molar-refractivity contribution is -0.137. The molecule has 0 aliphatic carbocycles. The van der Waals surface area contributed by atoms with Crippen LogP contribution in [0.3, 0.4) is 0 Å². The van der Waals surface area contributed by atoms with Crippen molar-refractivity contribution in [2.75, 3.05) is 30.0 Å². The van der Waals surface area contributed by atoms with Crippen LogP contribution in [-0.2, 0) is 25.3 Å². The summed E-state index contributed by atoms with van der Waals surface area (Å²) in [4.78, 5) is 69.2. The van der Waals surface area contributed by atoms with Gasteiger partial charge in [-0.15, -0.1) is 0 Å². The van der Waals surface area contributed by atoms with Gasteiger partial charge in [-0.05, 0) is 67.9 Å². The predicted molar refractivity (Wildman–Crippen MR) is 178 cm³/mol. The Morgan fingerprint density at radius 2 is 1.66 bits per heavy atom. The Morgan fingerprint density at radius 1 is 0.920 bits per heavy atom. The van der Waals surface area contributed by atoms with E-state index < -0.39 is 64.8 Å². The number of imide groups is 1. The van der Waals surface area contributed by atoms with E-state index in [9.17, 15) is 37.1 Å². The van der Waals surface area contributed by atoms with E-state index in [2.05, 4.69) is 10.3 Å². The van der Waals surface area contributed by atoms with Gasteiger partial charge in [0.25, 0.3) is 5.91 Å². The zero-order valence-corrected chi connectivity index (χ0v) is 28.0. The van der Waals surface area contributed by atoms with E-state index in [0.29, 0.717) is 15.5 Å². The average molecular weight is 728 g/mol. The van der Waals surface area contributed by atoms with Crippen molar-refractivity contribution >= 4 is 58.2 Å². The van der Waals surface area contributed by atoms with Crippen molar-refractivity contribution in [2.45, 2.75) is 36.2 Å². The molecule has 3 atom stereocenters. The number of esters is 1. The molecule has 2 N–H and O–H groups in total. The zero-order valence-electron chi connectivity index (χ0n) is 26.4. The predicted octanol–water partition coefficient (Wildman–Crippen LogP) is 5.84. The topological polar surface area (TPSA) is 144 Å². The average Bonchev–Trinajstić information content (AvgIpc) is 3.57. The molecule has 2 aliphatic heterocycles. The van der Waals surface area contributed by atoms with E-state index in [4.69, 9.17) is 14.2 Å². The third-order valence-electron chi connectivity index (χ3n) is 7.95. The van der Waals surface area contributed by atoms with Crippen molar-refractivity contribution in [2.24, 2.45) is 5.92 Å². The summed E-state index contributed by atoms with van der Waals surface area (Å²) < 4.78 is 56.7. The van der Waals surface area contributed by atoms with Crippen LogP contribution in [0.4, 0.5) is 24.5 Å². The van der Waals surface area contributed by atoms with E-state index in [1.165, 1.54) is 42.5 Å². The first-order valence-corrected chi connectivity index (χ1v) is 17.0. The van der Waals surface area contributed by atoms with E-state index in [-0.39, 0.29) is 40.8 Å². The first kappa shape index (κ1) is 34.8. The molecular weight excluding hydrogens is 700 g/mol. The third-order valence-corrected chi connectivity index (χ3v) is 10.4. The molecule has 260 valence electrons. The molecule has 0 bridgehead atoms. The van der Waals surface area contributed by atoms with E-state index in [1.54, 1.807) is 26.0 Å². The molecule has 3 aromatic carbocycles. The summed E-state index contributed by atoms with van der Waals surface area (Å²) in [6.07, 6.45) is -4.68. The number of benzene rings is 3. The van der Waals surface area contributed by atoms with Crippen molar-refractivity contribution in [3.8, 4) is 11.5 Å². The maximum absolute atomic E-state index is 14.1. The first-order valence-electron chi connectivity index (χ1n) is 15.3. The number of nitrogens with one attached hydrogen (secondary N) is 2. The minimum atomic E-state index is -4.68. The summed E-state index contributed by atoms with van der Waals surface area (Å²) in [5, 5.41) is 1.80. The fourth-order valence-electron chi connectivity index (χ4n) is 5.87. The molecule has 1 fully saturated rings. The highest BCUT2D eigenvalue weighted by Gasteiger charge is 2.56. The molecule has 11 nitrogen and oxygen atoms in total. The largest absolute Gasteiger partial charge is 0.490 e. The molecule has 1 saturated heterocycles. The monoisotopic (exact) mass is 727 g/mol. The molecule has 3 heterocycles. The quantitative estimate of drug-likeness (QED) is 0.152. The number of aromatic nitrogens is 1. The van der Waals surface area contributed by atoms with Crippen LogP contribution in [0.15, 0.2) is 76.6 Å². The molecule has 3 amide bonds. The van der Waals surface area contributed by atoms with E-state index in [0.717, 1.165) is 40.1 Å². The van der Waals surface area contributed by atoms with Crippen LogP contribution >= 0.6 is 23.1 Å².